The van der Waals surface area contributed by atoms with E-state index in [9.17, 15) is 9.59 Å². The Bertz CT molecular complexity index is 713. The van der Waals surface area contributed by atoms with Crippen molar-refractivity contribution < 1.29 is 9.59 Å². The topological polar surface area (TPSA) is 99.8 Å². The van der Waals surface area contributed by atoms with Gasteiger partial charge < -0.3 is 5.32 Å². The van der Waals surface area contributed by atoms with Gasteiger partial charge in [-0.05, 0) is 12.8 Å². The fourth-order valence-corrected chi connectivity index (χ4v) is 3.40. The fourth-order valence-electron chi connectivity index (χ4n) is 2.80. The van der Waals surface area contributed by atoms with Crippen LogP contribution < -0.4 is 10.6 Å². The maximum absolute atomic E-state index is 11.9. The Labute approximate surface area is 150 Å². The van der Waals surface area contributed by atoms with Crippen LogP contribution in [0.2, 0.25) is 0 Å². The third-order valence-electron chi connectivity index (χ3n) is 4.04. The van der Waals surface area contributed by atoms with Crippen LogP contribution in [0.3, 0.4) is 0 Å². The van der Waals surface area contributed by atoms with Gasteiger partial charge in [0.1, 0.15) is 0 Å². The number of benzene rings is 1. The van der Waals surface area contributed by atoms with Crippen molar-refractivity contribution in [3.8, 4) is 11.4 Å². The van der Waals surface area contributed by atoms with Gasteiger partial charge in [0.15, 0.2) is 5.82 Å². The Morgan fingerprint density at radius 3 is 2.68 bits per heavy atom. The zero-order valence-corrected chi connectivity index (χ0v) is 14.6. The van der Waals surface area contributed by atoms with Gasteiger partial charge >= 0.3 is 6.03 Å². The van der Waals surface area contributed by atoms with Crippen LogP contribution in [0.4, 0.5) is 4.79 Å². The molecule has 1 heterocycles. The Morgan fingerprint density at radius 1 is 1.16 bits per heavy atom. The minimum atomic E-state index is -0.419. The van der Waals surface area contributed by atoms with Crippen molar-refractivity contribution in [2.75, 3.05) is 5.75 Å². The van der Waals surface area contributed by atoms with E-state index in [0.717, 1.165) is 31.2 Å². The molecule has 3 amide bonds. The van der Waals surface area contributed by atoms with Gasteiger partial charge in [-0.2, -0.15) is 0 Å². The van der Waals surface area contributed by atoms with Gasteiger partial charge in [-0.1, -0.05) is 61.4 Å². The molecule has 25 heavy (non-hydrogen) atoms. The summed E-state index contributed by atoms with van der Waals surface area (Å²) in [5.74, 6) is 0.382. The number of carbonyl (C=O) groups excluding carboxylic acids is 2. The first kappa shape index (κ1) is 17.5. The average molecular weight is 359 g/mol. The van der Waals surface area contributed by atoms with Crippen LogP contribution >= 0.6 is 11.8 Å². The Balaban J connectivity index is 1.43. The highest BCUT2D eigenvalue weighted by atomic mass is 32.2. The van der Waals surface area contributed by atoms with Crippen LogP contribution in [0.25, 0.3) is 11.4 Å². The van der Waals surface area contributed by atoms with Crippen molar-refractivity contribution in [1.29, 1.82) is 0 Å². The summed E-state index contributed by atoms with van der Waals surface area (Å²) in [5.41, 5.74) is 0.929. The fraction of sp³-hybridized carbons (Fsp3) is 0.412. The lowest BCUT2D eigenvalue weighted by atomic mass is 9.96. The zero-order chi connectivity index (χ0) is 17.5. The molecule has 7 nitrogen and oxygen atoms in total. The number of hydrogen-bond donors (Lipinski definition) is 3. The molecule has 1 saturated carbocycles. The highest BCUT2D eigenvalue weighted by Gasteiger charge is 2.17. The number of hydrogen-bond acceptors (Lipinski definition) is 5. The highest BCUT2D eigenvalue weighted by molar-refractivity contribution is 7.99. The van der Waals surface area contributed by atoms with E-state index in [1.807, 2.05) is 30.3 Å². The molecule has 0 saturated heterocycles. The number of imide groups is 1. The lowest BCUT2D eigenvalue weighted by molar-refractivity contribution is -0.117. The molecule has 2 aromatic rings. The van der Waals surface area contributed by atoms with E-state index in [0.29, 0.717) is 11.0 Å². The highest BCUT2D eigenvalue weighted by Crippen LogP contribution is 2.19. The van der Waals surface area contributed by atoms with Crippen LogP contribution in [0.5, 0.6) is 0 Å². The molecule has 1 fully saturated rings. The number of amides is 3. The predicted octanol–water partition coefficient (Wildman–Crippen LogP) is 2.72. The Hall–Kier alpha value is -2.35. The molecule has 0 aliphatic heterocycles. The molecule has 3 rings (SSSR count). The Morgan fingerprint density at radius 2 is 1.92 bits per heavy atom. The van der Waals surface area contributed by atoms with Crippen LogP contribution in [-0.2, 0) is 4.79 Å². The molecule has 0 spiro atoms. The van der Waals surface area contributed by atoms with E-state index in [-0.39, 0.29) is 17.7 Å². The van der Waals surface area contributed by atoms with Crippen LogP contribution in [0, 0.1) is 0 Å². The molecular formula is C17H21N5O2S. The summed E-state index contributed by atoms with van der Waals surface area (Å²) >= 11 is 1.19. The van der Waals surface area contributed by atoms with Crippen LogP contribution in [0.1, 0.15) is 32.1 Å². The number of carbonyl (C=O) groups is 2. The number of nitrogens with zero attached hydrogens (tertiary/aromatic N) is 2. The van der Waals surface area contributed by atoms with Gasteiger partial charge in [0.25, 0.3) is 0 Å². The van der Waals surface area contributed by atoms with Gasteiger partial charge in [-0.3, -0.25) is 15.2 Å². The second kappa shape index (κ2) is 8.66. The maximum Gasteiger partial charge on any atom is 0.321 e. The lowest BCUT2D eigenvalue weighted by Gasteiger charge is -2.22. The molecule has 3 N–H and O–H groups in total. The first-order valence-corrected chi connectivity index (χ1v) is 9.40. The molecule has 0 bridgehead atoms. The predicted molar refractivity (Wildman–Crippen MR) is 96.1 cm³/mol. The van der Waals surface area contributed by atoms with E-state index in [1.54, 1.807) is 0 Å². The summed E-state index contributed by atoms with van der Waals surface area (Å²) in [7, 11) is 0. The molecule has 0 radical (unpaired) electrons. The van der Waals surface area contributed by atoms with Crippen molar-refractivity contribution in [3.63, 3.8) is 0 Å². The van der Waals surface area contributed by atoms with Crippen LogP contribution in [-0.4, -0.2) is 38.9 Å². The summed E-state index contributed by atoms with van der Waals surface area (Å²) in [4.78, 5) is 28.1. The SMILES string of the molecule is O=C(CSc1n[nH]c(-c2ccccc2)n1)NC(=O)NC1CCCCC1. The summed E-state index contributed by atoms with van der Waals surface area (Å²) in [6.45, 7) is 0. The van der Waals surface area contributed by atoms with Gasteiger partial charge in [-0.25, -0.2) is 9.78 Å². The molecule has 0 atom stereocenters. The number of urea groups is 1. The minimum Gasteiger partial charge on any atom is -0.335 e. The molecule has 1 aromatic carbocycles. The van der Waals surface area contributed by atoms with Gasteiger partial charge in [0.2, 0.25) is 11.1 Å². The van der Waals surface area contributed by atoms with Gasteiger partial charge in [0, 0.05) is 11.6 Å². The molecule has 1 aliphatic carbocycles. The third-order valence-corrected chi connectivity index (χ3v) is 4.89. The summed E-state index contributed by atoms with van der Waals surface area (Å²) < 4.78 is 0. The van der Waals surface area contributed by atoms with Gasteiger partial charge in [0.05, 0.1) is 5.75 Å². The molecule has 1 aliphatic rings. The average Bonchev–Trinajstić information content (AvgIpc) is 3.10. The second-order valence-corrected chi connectivity index (χ2v) is 6.92. The van der Waals surface area contributed by atoms with E-state index in [4.69, 9.17) is 0 Å². The summed E-state index contributed by atoms with van der Waals surface area (Å²) in [5, 5.41) is 12.6. The third kappa shape index (κ3) is 5.32. The number of H-pyrrole nitrogens is 1. The maximum atomic E-state index is 11.9. The lowest BCUT2D eigenvalue weighted by Crippen LogP contribution is -2.45. The van der Waals surface area contributed by atoms with E-state index in [2.05, 4.69) is 25.8 Å². The van der Waals surface area contributed by atoms with Crippen molar-refractivity contribution in [2.24, 2.45) is 0 Å². The first-order chi connectivity index (χ1) is 12.2. The molecule has 8 heteroatoms. The second-order valence-electron chi connectivity index (χ2n) is 5.98. The van der Waals surface area contributed by atoms with E-state index >= 15 is 0 Å². The molecule has 0 unspecified atom stereocenters. The van der Waals surface area contributed by atoms with Crippen LogP contribution in [0.15, 0.2) is 35.5 Å². The van der Waals surface area contributed by atoms with E-state index < -0.39 is 6.03 Å². The Kier molecular flexibility index (Phi) is 6.05. The van der Waals surface area contributed by atoms with Crippen molar-refractivity contribution >= 4 is 23.7 Å². The summed E-state index contributed by atoms with van der Waals surface area (Å²) in [6.07, 6.45) is 5.44. The quantitative estimate of drug-likeness (QED) is 0.713. The molecule has 1 aromatic heterocycles. The number of thioether (sulfide) groups is 1. The molecule has 132 valence electrons. The monoisotopic (exact) mass is 359 g/mol. The van der Waals surface area contributed by atoms with Gasteiger partial charge in [-0.15, -0.1) is 5.10 Å². The number of aromatic nitrogens is 3. The normalized spacial score (nSPS) is 14.9. The van der Waals surface area contributed by atoms with Crippen molar-refractivity contribution in [2.45, 2.75) is 43.3 Å². The van der Waals surface area contributed by atoms with Crippen molar-refractivity contribution in [3.05, 3.63) is 30.3 Å². The zero-order valence-electron chi connectivity index (χ0n) is 13.8. The number of nitrogens with one attached hydrogen (secondary N) is 3. The summed E-state index contributed by atoms with van der Waals surface area (Å²) in [6, 6.07) is 9.38. The van der Waals surface area contributed by atoms with E-state index in [1.165, 1.54) is 18.2 Å². The minimum absolute atomic E-state index is 0.0875. The smallest absolute Gasteiger partial charge is 0.321 e. The largest absolute Gasteiger partial charge is 0.335 e. The molecular weight excluding hydrogens is 338 g/mol. The number of aromatic amines is 1. The van der Waals surface area contributed by atoms with Crippen molar-refractivity contribution in [1.82, 2.24) is 25.8 Å². The standard InChI is InChI=1S/C17H21N5O2S/c23-14(19-16(24)18-13-9-5-2-6-10-13)11-25-17-20-15(21-22-17)12-7-3-1-4-8-12/h1,3-4,7-8,13H,2,5-6,9-11H2,(H,20,21,22)(H2,18,19,23,24). The first-order valence-electron chi connectivity index (χ1n) is 8.41. The number of rotatable bonds is 5.